The Morgan fingerprint density at radius 3 is 1.72 bits per heavy atom. The molecule has 7 nitrogen and oxygen atoms in total. The minimum Gasteiger partial charge on any atom is -0.465 e. The van der Waals surface area contributed by atoms with Gasteiger partial charge in [0.2, 0.25) is 0 Å². The maximum Gasteiger partial charge on any atom is 0.327 e. The molecule has 0 aromatic carbocycles. The van der Waals surface area contributed by atoms with Crippen molar-refractivity contribution in [2.24, 2.45) is 0 Å². The number of esters is 2. The highest BCUT2D eigenvalue weighted by molar-refractivity contribution is 7.87. The summed E-state index contributed by atoms with van der Waals surface area (Å²) in [6.45, 7) is 4.02. The van der Waals surface area contributed by atoms with Crippen molar-refractivity contribution >= 4 is 22.1 Å². The summed E-state index contributed by atoms with van der Waals surface area (Å²) in [4.78, 5) is 23.7. The van der Waals surface area contributed by atoms with E-state index in [1.807, 2.05) is 0 Å². The molecule has 0 saturated carbocycles. The van der Waals surface area contributed by atoms with Gasteiger partial charge in [0, 0.05) is 0 Å². The smallest absolute Gasteiger partial charge is 0.327 e. The van der Waals surface area contributed by atoms with Gasteiger partial charge >= 0.3 is 11.9 Å². The summed E-state index contributed by atoms with van der Waals surface area (Å²) in [5, 5.41) is -1.95. The van der Waals surface area contributed by atoms with Gasteiger partial charge in [-0.25, -0.2) is 0 Å². The molecule has 0 aliphatic carbocycles. The Hall–Kier alpha value is -1.41. The number of carbonyl (C=O) groups excluding carboxylic acids is 2. The van der Waals surface area contributed by atoms with Crippen molar-refractivity contribution in [3.05, 3.63) is 12.2 Å². The Labute approximate surface area is 195 Å². The van der Waals surface area contributed by atoms with E-state index in [1.165, 1.54) is 64.2 Å². The van der Waals surface area contributed by atoms with Gasteiger partial charge in [-0.05, 0) is 13.3 Å². The summed E-state index contributed by atoms with van der Waals surface area (Å²) in [5.74, 6) is -2.01. The molecule has 0 amide bonds. The zero-order valence-corrected chi connectivity index (χ0v) is 20.9. The molecule has 1 atom stereocenters. The topological polar surface area (TPSA) is 107 Å². The van der Waals surface area contributed by atoms with E-state index in [2.05, 4.69) is 6.92 Å². The number of carbonyl (C=O) groups is 2. The first-order valence-electron chi connectivity index (χ1n) is 12.2. The van der Waals surface area contributed by atoms with Crippen LogP contribution in [-0.4, -0.2) is 43.4 Å². The lowest BCUT2D eigenvalue weighted by Gasteiger charge is -2.13. The van der Waals surface area contributed by atoms with Crippen molar-refractivity contribution in [1.29, 1.82) is 0 Å². The highest BCUT2D eigenvalue weighted by Gasteiger charge is 2.35. The molecule has 0 heterocycles. The monoisotopic (exact) mass is 476 g/mol. The van der Waals surface area contributed by atoms with Crippen molar-refractivity contribution in [2.75, 3.05) is 13.2 Å². The summed E-state index contributed by atoms with van der Waals surface area (Å²) in [6.07, 6.45) is 19.3. The van der Waals surface area contributed by atoms with Crippen molar-refractivity contribution in [2.45, 2.75) is 115 Å². The van der Waals surface area contributed by atoms with Crippen LogP contribution in [0.3, 0.4) is 0 Å². The average Bonchev–Trinajstić information content (AvgIpc) is 2.74. The zero-order valence-electron chi connectivity index (χ0n) is 20.1. The van der Waals surface area contributed by atoms with Crippen LogP contribution in [-0.2, 0) is 29.2 Å². The van der Waals surface area contributed by atoms with Crippen LogP contribution < -0.4 is 0 Å². The molecule has 8 heteroatoms. The maximum absolute atomic E-state index is 12.0. The second-order valence-corrected chi connectivity index (χ2v) is 9.82. The van der Waals surface area contributed by atoms with E-state index in [0.29, 0.717) is 6.42 Å². The fourth-order valence-electron chi connectivity index (χ4n) is 3.32. The van der Waals surface area contributed by atoms with Gasteiger partial charge in [0.15, 0.2) is 5.25 Å². The first kappa shape index (κ1) is 30.6. The molecule has 188 valence electrons. The number of ether oxygens (including phenoxy) is 2. The van der Waals surface area contributed by atoms with Gasteiger partial charge in [0.1, 0.15) is 6.61 Å². The van der Waals surface area contributed by atoms with E-state index >= 15 is 0 Å². The molecular formula is C24H44O7S. The third kappa shape index (κ3) is 18.2. The summed E-state index contributed by atoms with van der Waals surface area (Å²) in [7, 11) is -4.75. The van der Waals surface area contributed by atoms with Gasteiger partial charge in [-0.3, -0.25) is 14.1 Å². The van der Waals surface area contributed by atoms with Gasteiger partial charge in [-0.1, -0.05) is 103 Å². The molecule has 0 aromatic heterocycles. The van der Waals surface area contributed by atoms with E-state index in [1.54, 1.807) is 19.1 Å². The van der Waals surface area contributed by atoms with Crippen LogP contribution in [0.4, 0.5) is 0 Å². The molecule has 0 saturated heterocycles. The van der Waals surface area contributed by atoms with Crippen molar-refractivity contribution in [3.63, 3.8) is 0 Å². The normalized spacial score (nSPS) is 12.7. The second-order valence-electron chi connectivity index (χ2n) is 8.22. The Balaban J connectivity index is 3.81. The third-order valence-electron chi connectivity index (χ3n) is 5.29. The van der Waals surface area contributed by atoms with Crippen molar-refractivity contribution in [1.82, 2.24) is 0 Å². The van der Waals surface area contributed by atoms with E-state index in [9.17, 15) is 22.6 Å². The Morgan fingerprint density at radius 1 is 0.812 bits per heavy atom. The fraction of sp³-hybridized carbons (Fsp3) is 0.833. The van der Waals surface area contributed by atoms with Crippen molar-refractivity contribution < 1.29 is 32.0 Å². The largest absolute Gasteiger partial charge is 0.465 e. The molecule has 0 aromatic rings. The van der Waals surface area contributed by atoms with E-state index in [-0.39, 0.29) is 13.2 Å². The van der Waals surface area contributed by atoms with Crippen LogP contribution in [0.25, 0.3) is 0 Å². The van der Waals surface area contributed by atoms with Crippen LogP contribution in [0, 0.1) is 0 Å². The molecule has 0 radical (unpaired) electrons. The van der Waals surface area contributed by atoms with Gasteiger partial charge in [0.25, 0.3) is 10.1 Å². The SMILES string of the molecule is C/C=C/COC(=O)CC(C(=O)OCCCCCCCCCCCCCCCC)S(=O)(=O)O. The number of allylic oxidation sites excluding steroid dienone is 1. The first-order valence-corrected chi connectivity index (χ1v) is 13.7. The molecular weight excluding hydrogens is 432 g/mol. The lowest BCUT2D eigenvalue weighted by atomic mass is 10.0. The second kappa shape index (κ2) is 20.2. The molecule has 0 rings (SSSR count). The van der Waals surface area contributed by atoms with Crippen LogP contribution in [0.1, 0.15) is 110 Å². The summed E-state index contributed by atoms with van der Waals surface area (Å²) in [6, 6.07) is 0. The predicted molar refractivity (Wildman–Crippen MR) is 127 cm³/mol. The highest BCUT2D eigenvalue weighted by atomic mass is 32.2. The van der Waals surface area contributed by atoms with Gasteiger partial charge in [-0.15, -0.1) is 0 Å². The minimum atomic E-state index is -4.75. The van der Waals surface area contributed by atoms with E-state index in [4.69, 9.17) is 9.47 Å². The Bertz CT molecular complexity index is 614. The molecule has 0 bridgehead atoms. The van der Waals surface area contributed by atoms with Crippen LogP contribution in [0.15, 0.2) is 12.2 Å². The fourth-order valence-corrected chi connectivity index (χ4v) is 3.98. The number of rotatable bonds is 21. The standard InChI is InChI=1S/C24H44O7S/c1-3-5-7-8-9-10-11-12-13-14-15-16-17-18-20-31-24(26)22(32(27,28)29)21-23(25)30-19-6-4-2/h4,6,22H,3,5,7-21H2,1-2H3,(H,27,28,29)/b6-4+. The predicted octanol–water partition coefficient (Wildman–Crippen LogP) is 5.78. The Kier molecular flexibility index (Phi) is 19.3. The molecule has 0 spiro atoms. The van der Waals surface area contributed by atoms with Gasteiger partial charge in [0.05, 0.1) is 13.0 Å². The quantitative estimate of drug-likeness (QED) is 0.0968. The molecule has 0 fully saturated rings. The maximum atomic E-state index is 12.0. The zero-order chi connectivity index (χ0) is 24.1. The number of unbranched alkanes of at least 4 members (excludes halogenated alkanes) is 13. The minimum absolute atomic E-state index is 0.0262. The van der Waals surface area contributed by atoms with E-state index < -0.39 is 33.7 Å². The molecule has 32 heavy (non-hydrogen) atoms. The molecule has 1 unspecified atom stereocenters. The lowest BCUT2D eigenvalue weighted by Crippen LogP contribution is -2.34. The van der Waals surface area contributed by atoms with Gasteiger partial charge in [-0.2, -0.15) is 8.42 Å². The summed E-state index contributed by atoms with van der Waals surface area (Å²) < 4.78 is 41.9. The number of hydrogen-bond acceptors (Lipinski definition) is 6. The average molecular weight is 477 g/mol. The number of hydrogen-bond donors (Lipinski definition) is 1. The van der Waals surface area contributed by atoms with Crippen LogP contribution in [0.2, 0.25) is 0 Å². The summed E-state index contributed by atoms with van der Waals surface area (Å²) in [5.41, 5.74) is 0. The molecule has 1 N–H and O–H groups in total. The van der Waals surface area contributed by atoms with E-state index in [0.717, 1.165) is 19.3 Å². The summed E-state index contributed by atoms with van der Waals surface area (Å²) >= 11 is 0. The van der Waals surface area contributed by atoms with Crippen molar-refractivity contribution in [3.8, 4) is 0 Å². The third-order valence-corrected chi connectivity index (χ3v) is 6.37. The van der Waals surface area contributed by atoms with Crippen LogP contribution >= 0.6 is 0 Å². The lowest BCUT2D eigenvalue weighted by molar-refractivity contribution is -0.149. The first-order chi connectivity index (χ1) is 15.3. The van der Waals surface area contributed by atoms with Gasteiger partial charge < -0.3 is 9.47 Å². The Morgan fingerprint density at radius 2 is 1.28 bits per heavy atom. The molecule has 0 aliphatic heterocycles. The highest BCUT2D eigenvalue weighted by Crippen LogP contribution is 2.13. The molecule has 0 aliphatic rings. The van der Waals surface area contributed by atoms with Crippen LogP contribution in [0.5, 0.6) is 0 Å².